The summed E-state index contributed by atoms with van der Waals surface area (Å²) < 4.78 is 0. The van der Waals surface area contributed by atoms with Crippen LogP contribution < -0.4 is 11.5 Å². The van der Waals surface area contributed by atoms with Gasteiger partial charge in [0.25, 0.3) is 23.9 Å². The summed E-state index contributed by atoms with van der Waals surface area (Å²) in [6.45, 7) is 5.53. The second-order valence-electron chi connectivity index (χ2n) is 4.41. The minimum absolute atomic E-state index is 0.597. The monoisotopic (exact) mass is 382 g/mol. The SMILES string of the molecule is C1=CCCCC1.CC(=O)O.CC(=O)O.CC(=O)O.CC(=O)O.NCCN. The van der Waals surface area contributed by atoms with Crippen LogP contribution in [0.1, 0.15) is 53.4 Å². The summed E-state index contributed by atoms with van der Waals surface area (Å²) in [5, 5.41) is 29.7. The molecule has 1 aliphatic carbocycles. The summed E-state index contributed by atoms with van der Waals surface area (Å²) in [7, 11) is 0. The van der Waals surface area contributed by atoms with E-state index in [0.29, 0.717) is 13.1 Å². The van der Waals surface area contributed by atoms with E-state index >= 15 is 0 Å². The highest BCUT2D eigenvalue weighted by molar-refractivity contribution is 5.63. The normalized spacial score (nSPS) is 9.92. The molecular formula is C16H34N2O8. The Morgan fingerprint density at radius 1 is 0.654 bits per heavy atom. The Kier molecular flexibility index (Phi) is 45.5. The van der Waals surface area contributed by atoms with Crippen molar-refractivity contribution in [2.45, 2.75) is 53.4 Å². The van der Waals surface area contributed by atoms with E-state index in [1.807, 2.05) is 0 Å². The fourth-order valence-electron chi connectivity index (χ4n) is 0.760. The second-order valence-corrected chi connectivity index (χ2v) is 4.41. The van der Waals surface area contributed by atoms with E-state index in [-0.39, 0.29) is 0 Å². The van der Waals surface area contributed by atoms with Crippen molar-refractivity contribution in [1.82, 2.24) is 0 Å². The van der Waals surface area contributed by atoms with Gasteiger partial charge in [-0.2, -0.15) is 0 Å². The molecule has 8 N–H and O–H groups in total. The third-order valence-electron chi connectivity index (χ3n) is 1.32. The molecule has 10 nitrogen and oxygen atoms in total. The predicted octanol–water partition coefficient (Wildman–Crippen LogP) is 1.38. The third kappa shape index (κ3) is 441. The largest absolute Gasteiger partial charge is 0.481 e. The van der Waals surface area contributed by atoms with Gasteiger partial charge in [-0.25, -0.2) is 0 Å². The van der Waals surface area contributed by atoms with Crippen molar-refractivity contribution in [3.63, 3.8) is 0 Å². The van der Waals surface area contributed by atoms with E-state index in [1.54, 1.807) is 0 Å². The molecule has 10 heteroatoms. The molecule has 1 rings (SSSR count). The van der Waals surface area contributed by atoms with Gasteiger partial charge in [-0.1, -0.05) is 12.2 Å². The zero-order valence-corrected chi connectivity index (χ0v) is 16.0. The molecule has 0 fully saturated rings. The minimum Gasteiger partial charge on any atom is -0.481 e. The van der Waals surface area contributed by atoms with E-state index in [4.69, 9.17) is 51.1 Å². The quantitative estimate of drug-likeness (QED) is 0.360. The Bertz CT molecular complexity index is 297. The molecule has 0 aromatic rings. The van der Waals surface area contributed by atoms with Crippen molar-refractivity contribution in [3.05, 3.63) is 12.2 Å². The molecule has 0 spiro atoms. The van der Waals surface area contributed by atoms with Crippen LogP contribution in [0.5, 0.6) is 0 Å². The maximum Gasteiger partial charge on any atom is 0.300 e. The Hall–Kier alpha value is -2.46. The highest BCUT2D eigenvalue weighted by Gasteiger charge is 1.87. The number of hydrogen-bond donors (Lipinski definition) is 6. The average molecular weight is 382 g/mol. The number of rotatable bonds is 1. The molecule has 0 aliphatic heterocycles. The zero-order chi connectivity index (χ0) is 22.0. The molecular weight excluding hydrogens is 348 g/mol. The molecule has 26 heavy (non-hydrogen) atoms. The van der Waals surface area contributed by atoms with Gasteiger partial charge in [0.05, 0.1) is 0 Å². The van der Waals surface area contributed by atoms with Gasteiger partial charge in [0.2, 0.25) is 0 Å². The summed E-state index contributed by atoms with van der Waals surface area (Å²) in [4.78, 5) is 36.0. The fourth-order valence-corrected chi connectivity index (χ4v) is 0.760. The van der Waals surface area contributed by atoms with Crippen LogP contribution in [0.2, 0.25) is 0 Å². The van der Waals surface area contributed by atoms with Crippen LogP contribution in [0.4, 0.5) is 0 Å². The van der Waals surface area contributed by atoms with Gasteiger partial charge in [0, 0.05) is 40.8 Å². The van der Waals surface area contributed by atoms with E-state index in [0.717, 1.165) is 27.7 Å². The molecule has 0 bridgehead atoms. The second kappa shape index (κ2) is 34.0. The number of allylic oxidation sites excluding steroid dienone is 2. The lowest BCUT2D eigenvalue weighted by Gasteiger charge is -1.97. The van der Waals surface area contributed by atoms with Crippen LogP contribution in [-0.2, 0) is 19.2 Å². The molecule has 0 saturated carbocycles. The first-order valence-electron chi connectivity index (χ1n) is 7.68. The molecule has 0 aromatic heterocycles. The van der Waals surface area contributed by atoms with Crippen molar-refractivity contribution in [3.8, 4) is 0 Å². The lowest BCUT2D eigenvalue weighted by atomic mass is 10.1. The molecule has 0 amide bonds. The lowest BCUT2D eigenvalue weighted by Crippen LogP contribution is -2.11. The highest BCUT2D eigenvalue weighted by Crippen LogP contribution is 2.07. The molecule has 0 atom stereocenters. The van der Waals surface area contributed by atoms with Crippen molar-refractivity contribution in [2.24, 2.45) is 11.5 Å². The highest BCUT2D eigenvalue weighted by atomic mass is 16.4. The summed E-state index contributed by atoms with van der Waals surface area (Å²) in [6.07, 6.45) is 10.0. The number of carboxylic acids is 4. The summed E-state index contributed by atoms with van der Waals surface area (Å²) in [5.74, 6) is -3.33. The van der Waals surface area contributed by atoms with Crippen molar-refractivity contribution < 1.29 is 39.6 Å². The van der Waals surface area contributed by atoms with Crippen LogP contribution in [0.3, 0.4) is 0 Å². The van der Waals surface area contributed by atoms with Gasteiger partial charge in [-0.05, 0) is 25.7 Å². The maximum atomic E-state index is 9.00. The van der Waals surface area contributed by atoms with Crippen LogP contribution in [0.25, 0.3) is 0 Å². The van der Waals surface area contributed by atoms with Crippen molar-refractivity contribution in [2.75, 3.05) is 13.1 Å². The lowest BCUT2D eigenvalue weighted by molar-refractivity contribution is -0.135. The van der Waals surface area contributed by atoms with Crippen LogP contribution >= 0.6 is 0 Å². The molecule has 0 radical (unpaired) electrons. The number of carbonyl (C=O) groups is 4. The van der Waals surface area contributed by atoms with Gasteiger partial charge in [-0.15, -0.1) is 0 Å². The standard InChI is InChI=1S/C6H10.C2H8N2.4C2H4O2/c1-2-4-6-5-3-1;3-1-2-4;4*1-2(3)4/h1-2H,3-6H2;1-4H2;4*1H3,(H,3,4). The predicted molar refractivity (Wildman–Crippen MR) is 99.0 cm³/mol. The maximum absolute atomic E-state index is 9.00. The van der Waals surface area contributed by atoms with Crippen LogP contribution in [0, 0.1) is 0 Å². The van der Waals surface area contributed by atoms with E-state index in [2.05, 4.69) is 12.2 Å². The average Bonchev–Trinajstić information content (AvgIpc) is 2.47. The molecule has 1 aliphatic rings. The summed E-state index contributed by atoms with van der Waals surface area (Å²) >= 11 is 0. The topological polar surface area (TPSA) is 201 Å². The van der Waals surface area contributed by atoms with Gasteiger partial charge < -0.3 is 31.9 Å². The van der Waals surface area contributed by atoms with Gasteiger partial charge in [0.15, 0.2) is 0 Å². The Morgan fingerprint density at radius 3 is 0.846 bits per heavy atom. The van der Waals surface area contributed by atoms with E-state index in [9.17, 15) is 0 Å². The number of nitrogens with two attached hydrogens (primary N) is 2. The van der Waals surface area contributed by atoms with Gasteiger partial charge in [0.1, 0.15) is 0 Å². The smallest absolute Gasteiger partial charge is 0.300 e. The Labute approximate surface area is 154 Å². The molecule has 0 saturated heterocycles. The fraction of sp³-hybridized carbons (Fsp3) is 0.625. The molecule has 156 valence electrons. The molecule has 0 aromatic carbocycles. The van der Waals surface area contributed by atoms with Crippen LogP contribution in [-0.4, -0.2) is 57.4 Å². The van der Waals surface area contributed by atoms with Crippen LogP contribution in [0.15, 0.2) is 12.2 Å². The number of carboxylic acid groups (broad SMARTS) is 4. The summed E-state index contributed by atoms with van der Waals surface area (Å²) in [6, 6.07) is 0. The third-order valence-corrected chi connectivity index (χ3v) is 1.32. The molecule has 0 heterocycles. The van der Waals surface area contributed by atoms with Crippen molar-refractivity contribution >= 4 is 23.9 Å². The number of hydrogen-bond acceptors (Lipinski definition) is 6. The first-order chi connectivity index (χ1) is 11.8. The van der Waals surface area contributed by atoms with Crippen molar-refractivity contribution in [1.29, 1.82) is 0 Å². The Morgan fingerprint density at radius 2 is 0.808 bits per heavy atom. The zero-order valence-electron chi connectivity index (χ0n) is 16.0. The minimum atomic E-state index is -0.833. The van der Waals surface area contributed by atoms with E-state index < -0.39 is 23.9 Å². The van der Waals surface area contributed by atoms with Gasteiger partial charge >= 0.3 is 0 Å². The summed E-state index contributed by atoms with van der Waals surface area (Å²) in [5.41, 5.74) is 9.81. The first-order valence-corrected chi connectivity index (χ1v) is 7.68. The van der Waals surface area contributed by atoms with Gasteiger partial charge in [-0.3, -0.25) is 19.2 Å². The molecule has 0 unspecified atom stereocenters. The first kappa shape index (κ1) is 34.8. The Balaban J connectivity index is -0.0000000687. The number of aliphatic carboxylic acids is 4. The van der Waals surface area contributed by atoms with E-state index in [1.165, 1.54) is 25.7 Å².